The van der Waals surface area contributed by atoms with E-state index < -0.39 is 16.0 Å². The summed E-state index contributed by atoms with van der Waals surface area (Å²) in [5.41, 5.74) is 0.775. The van der Waals surface area contributed by atoms with Crippen LogP contribution in [0.3, 0.4) is 0 Å². The van der Waals surface area contributed by atoms with E-state index in [1.807, 2.05) is 0 Å². The molecule has 0 saturated carbocycles. The number of hydrogen-bond donors (Lipinski definition) is 0. The number of rotatable bonds is 8. The molecule has 1 aromatic heterocycles. The molecule has 0 spiro atoms. The lowest BCUT2D eigenvalue weighted by Gasteiger charge is -2.11. The molecule has 0 atom stereocenters. The van der Waals surface area contributed by atoms with Crippen molar-refractivity contribution in [2.75, 3.05) is 28.3 Å². The van der Waals surface area contributed by atoms with E-state index in [9.17, 15) is 13.2 Å². The summed E-state index contributed by atoms with van der Waals surface area (Å²) in [6.45, 7) is -0.248. The van der Waals surface area contributed by atoms with Crippen LogP contribution >= 0.6 is 0 Å². The molecule has 164 valence electrons. The molecular formula is C20H21N3O7S. The zero-order valence-electron chi connectivity index (χ0n) is 17.4. The number of aromatic nitrogens is 2. The SMILES string of the molecule is COc1ccc(-c2noc(COC(=O)c3ccc(S(=O)(=O)N(C)C)cc3)n2)c(OC)c1. The van der Waals surface area contributed by atoms with Crippen LogP contribution in [0.1, 0.15) is 16.2 Å². The van der Waals surface area contributed by atoms with Gasteiger partial charge in [-0.25, -0.2) is 17.5 Å². The van der Waals surface area contributed by atoms with Crippen LogP contribution in [0.15, 0.2) is 51.9 Å². The Balaban J connectivity index is 1.68. The summed E-state index contributed by atoms with van der Waals surface area (Å²) in [7, 11) is 2.33. The number of benzene rings is 2. The molecule has 0 N–H and O–H groups in total. The summed E-state index contributed by atoms with van der Waals surface area (Å²) in [4.78, 5) is 16.5. The number of carbonyl (C=O) groups excluding carboxylic acids is 1. The fraction of sp³-hybridized carbons (Fsp3) is 0.250. The number of ether oxygens (including phenoxy) is 3. The van der Waals surface area contributed by atoms with Gasteiger partial charge in [0.15, 0.2) is 6.61 Å². The summed E-state index contributed by atoms with van der Waals surface area (Å²) in [6, 6.07) is 10.6. The number of sulfonamides is 1. The summed E-state index contributed by atoms with van der Waals surface area (Å²) < 4.78 is 46.1. The third-order valence-electron chi connectivity index (χ3n) is 4.31. The minimum atomic E-state index is -3.58. The highest BCUT2D eigenvalue weighted by molar-refractivity contribution is 7.89. The minimum absolute atomic E-state index is 0.0732. The van der Waals surface area contributed by atoms with E-state index in [1.54, 1.807) is 25.3 Å². The number of esters is 1. The number of carbonyl (C=O) groups is 1. The van der Waals surface area contributed by atoms with Crippen LogP contribution in [0.5, 0.6) is 11.5 Å². The van der Waals surface area contributed by atoms with Crippen molar-refractivity contribution >= 4 is 16.0 Å². The highest BCUT2D eigenvalue weighted by atomic mass is 32.2. The monoisotopic (exact) mass is 447 g/mol. The normalized spacial score (nSPS) is 11.4. The molecule has 0 bridgehead atoms. The first-order chi connectivity index (χ1) is 14.8. The molecule has 31 heavy (non-hydrogen) atoms. The van der Waals surface area contributed by atoms with Crippen LogP contribution < -0.4 is 9.47 Å². The summed E-state index contributed by atoms with van der Waals surface area (Å²) >= 11 is 0. The molecule has 0 amide bonds. The van der Waals surface area contributed by atoms with Gasteiger partial charge in [-0.1, -0.05) is 5.16 Å². The molecule has 10 nitrogen and oxygen atoms in total. The quantitative estimate of drug-likeness (QED) is 0.479. The smallest absolute Gasteiger partial charge is 0.338 e. The Morgan fingerprint density at radius 3 is 2.39 bits per heavy atom. The molecule has 0 radical (unpaired) electrons. The van der Waals surface area contributed by atoms with E-state index in [2.05, 4.69) is 10.1 Å². The molecule has 2 aromatic carbocycles. The Bertz CT molecular complexity index is 1170. The highest BCUT2D eigenvalue weighted by Crippen LogP contribution is 2.31. The standard InChI is InChI=1S/C20H21N3O7S/c1-23(2)31(25,26)15-8-5-13(6-9-15)20(24)29-12-18-21-19(22-30-18)16-10-7-14(27-3)11-17(16)28-4/h5-11H,12H2,1-4H3. The van der Waals surface area contributed by atoms with E-state index in [4.69, 9.17) is 18.7 Å². The second-order valence-corrected chi connectivity index (χ2v) is 8.62. The van der Waals surface area contributed by atoms with Gasteiger partial charge in [0.1, 0.15) is 11.5 Å². The number of methoxy groups -OCH3 is 2. The van der Waals surface area contributed by atoms with E-state index >= 15 is 0 Å². The zero-order chi connectivity index (χ0) is 22.6. The second kappa shape index (κ2) is 9.14. The topological polar surface area (TPSA) is 121 Å². The van der Waals surface area contributed by atoms with Gasteiger partial charge in [0.25, 0.3) is 5.89 Å². The van der Waals surface area contributed by atoms with Crippen molar-refractivity contribution in [1.82, 2.24) is 14.4 Å². The first-order valence-corrected chi connectivity index (χ1v) is 10.4. The highest BCUT2D eigenvalue weighted by Gasteiger charge is 2.19. The molecule has 3 rings (SSSR count). The third-order valence-corrected chi connectivity index (χ3v) is 6.14. The van der Waals surface area contributed by atoms with Crippen molar-refractivity contribution in [3.8, 4) is 22.9 Å². The van der Waals surface area contributed by atoms with Crippen LogP contribution in [0, 0.1) is 0 Å². The predicted octanol–water partition coefficient (Wildman–Crippen LogP) is 2.36. The molecule has 1 heterocycles. The van der Waals surface area contributed by atoms with Crippen molar-refractivity contribution in [2.45, 2.75) is 11.5 Å². The molecule has 3 aromatic rings. The Morgan fingerprint density at radius 1 is 1.06 bits per heavy atom. The first kappa shape index (κ1) is 22.2. The lowest BCUT2D eigenvalue weighted by atomic mass is 10.2. The maximum Gasteiger partial charge on any atom is 0.338 e. The lowest BCUT2D eigenvalue weighted by Crippen LogP contribution is -2.22. The third kappa shape index (κ3) is 4.84. The minimum Gasteiger partial charge on any atom is -0.497 e. The van der Waals surface area contributed by atoms with Gasteiger partial charge in [0.05, 0.1) is 30.2 Å². The zero-order valence-corrected chi connectivity index (χ0v) is 18.2. The fourth-order valence-corrected chi connectivity index (χ4v) is 3.49. The molecular weight excluding hydrogens is 426 g/mol. The molecule has 0 fully saturated rings. The Hall–Kier alpha value is -3.44. The van der Waals surface area contributed by atoms with Crippen LogP contribution in [-0.4, -0.2) is 57.1 Å². The lowest BCUT2D eigenvalue weighted by molar-refractivity contribution is 0.0429. The summed E-state index contributed by atoms with van der Waals surface area (Å²) in [5.74, 6) is 0.812. The molecule has 0 aliphatic heterocycles. The second-order valence-electron chi connectivity index (χ2n) is 6.47. The average Bonchev–Trinajstić information content (AvgIpc) is 3.25. The van der Waals surface area contributed by atoms with Crippen LogP contribution in [0.4, 0.5) is 0 Å². The first-order valence-electron chi connectivity index (χ1n) is 9.01. The van der Waals surface area contributed by atoms with Crippen molar-refractivity contribution in [1.29, 1.82) is 0 Å². The van der Waals surface area contributed by atoms with Gasteiger partial charge in [-0.15, -0.1) is 0 Å². The molecule has 0 unspecified atom stereocenters. The van der Waals surface area contributed by atoms with Crippen molar-refractivity contribution in [2.24, 2.45) is 0 Å². The van der Waals surface area contributed by atoms with Gasteiger partial charge in [-0.2, -0.15) is 4.98 Å². The molecule has 0 saturated heterocycles. The summed E-state index contributed by atoms with van der Waals surface area (Å²) in [6.07, 6.45) is 0. The van der Waals surface area contributed by atoms with Crippen molar-refractivity contribution in [3.63, 3.8) is 0 Å². The Labute approximate surface area is 179 Å². The molecule has 0 aliphatic rings. The molecule has 0 aliphatic carbocycles. The van der Waals surface area contributed by atoms with E-state index in [-0.39, 0.29) is 28.8 Å². The van der Waals surface area contributed by atoms with E-state index in [0.29, 0.717) is 17.1 Å². The van der Waals surface area contributed by atoms with Crippen LogP contribution in [-0.2, 0) is 21.4 Å². The fourth-order valence-electron chi connectivity index (χ4n) is 2.59. The van der Waals surface area contributed by atoms with Crippen LogP contribution in [0.2, 0.25) is 0 Å². The van der Waals surface area contributed by atoms with E-state index in [0.717, 1.165) is 4.31 Å². The van der Waals surface area contributed by atoms with Crippen molar-refractivity contribution in [3.05, 3.63) is 53.9 Å². The van der Waals surface area contributed by atoms with Gasteiger partial charge in [-0.05, 0) is 36.4 Å². The number of hydrogen-bond acceptors (Lipinski definition) is 9. The van der Waals surface area contributed by atoms with Gasteiger partial charge in [0.2, 0.25) is 15.8 Å². The largest absolute Gasteiger partial charge is 0.497 e. The Kier molecular flexibility index (Phi) is 6.56. The maximum absolute atomic E-state index is 12.3. The number of nitrogens with zero attached hydrogens (tertiary/aromatic N) is 3. The predicted molar refractivity (Wildman–Crippen MR) is 109 cm³/mol. The molecule has 11 heteroatoms. The van der Waals surface area contributed by atoms with Crippen LogP contribution in [0.25, 0.3) is 11.4 Å². The Morgan fingerprint density at radius 2 is 1.77 bits per heavy atom. The van der Waals surface area contributed by atoms with Crippen molar-refractivity contribution < 1.29 is 31.9 Å². The van der Waals surface area contributed by atoms with Gasteiger partial charge >= 0.3 is 5.97 Å². The van der Waals surface area contributed by atoms with Gasteiger partial charge < -0.3 is 18.7 Å². The summed E-state index contributed by atoms with van der Waals surface area (Å²) in [5, 5.41) is 3.89. The maximum atomic E-state index is 12.3. The van der Waals surface area contributed by atoms with Gasteiger partial charge in [-0.3, -0.25) is 0 Å². The average molecular weight is 447 g/mol. The van der Waals surface area contributed by atoms with E-state index in [1.165, 1.54) is 45.5 Å². The van der Waals surface area contributed by atoms with Gasteiger partial charge in [0, 0.05) is 20.2 Å².